The number of aromatic nitrogens is 2. The molecule has 1 heterocycles. The molecule has 0 saturated heterocycles. The highest BCUT2D eigenvalue weighted by atomic mass is 28.3. The lowest BCUT2D eigenvalue weighted by atomic mass is 9.81. The minimum Gasteiger partial charge on any atom is -0.228 e. The minimum absolute atomic E-state index is 0.0592. The maximum Gasteiger partial charge on any atom is 0.160 e. The second-order valence-electron chi connectivity index (χ2n) is 18.1. The van der Waals surface area contributed by atoms with Crippen LogP contribution in [0.25, 0.3) is 56.2 Å². The molecule has 258 valence electrons. The van der Waals surface area contributed by atoms with E-state index in [1.54, 1.807) is 0 Å². The SMILES string of the molecule is CC1(C)c2cc(-c3cccc(-c4nc(-c5ccc([Si](C)(C)C)cc5)cc(-c5ccc([Si](C)(C)C)cc5)n4)c3)ccc2-c2ccc([Si](C)(C)C)cc21. The summed E-state index contributed by atoms with van der Waals surface area (Å²) in [6.45, 7) is 26.4. The largest absolute Gasteiger partial charge is 0.228 e. The van der Waals surface area contributed by atoms with Gasteiger partial charge in [0.2, 0.25) is 0 Å². The fraction of sp³-hybridized carbons (Fsp3) is 0.261. The quantitative estimate of drug-likeness (QED) is 0.154. The van der Waals surface area contributed by atoms with E-state index in [1.165, 1.54) is 48.9 Å². The van der Waals surface area contributed by atoms with Gasteiger partial charge < -0.3 is 0 Å². The van der Waals surface area contributed by atoms with Crippen molar-refractivity contribution in [1.29, 1.82) is 0 Å². The Morgan fingerprint density at radius 1 is 0.392 bits per heavy atom. The highest BCUT2D eigenvalue weighted by molar-refractivity contribution is 6.89. The van der Waals surface area contributed by atoms with Gasteiger partial charge >= 0.3 is 0 Å². The predicted octanol–water partition coefficient (Wildman–Crippen LogP) is 11.1. The molecule has 6 aromatic rings. The molecule has 5 aromatic carbocycles. The average molecular weight is 717 g/mol. The second-order valence-corrected chi connectivity index (χ2v) is 33.3. The van der Waals surface area contributed by atoms with Gasteiger partial charge in [-0.3, -0.25) is 0 Å². The molecule has 5 heteroatoms. The van der Waals surface area contributed by atoms with Crippen LogP contribution < -0.4 is 15.6 Å². The van der Waals surface area contributed by atoms with Crippen LogP contribution in [0.1, 0.15) is 25.0 Å². The first-order valence-corrected chi connectivity index (χ1v) is 28.9. The summed E-state index contributed by atoms with van der Waals surface area (Å²) in [5.41, 5.74) is 13.1. The second kappa shape index (κ2) is 12.5. The van der Waals surface area contributed by atoms with Crippen LogP contribution in [-0.2, 0) is 5.41 Å². The van der Waals surface area contributed by atoms with E-state index in [1.807, 2.05) is 0 Å². The Bertz CT molecular complexity index is 2190. The Balaban J connectivity index is 1.30. The van der Waals surface area contributed by atoms with Crippen LogP contribution in [0, 0.1) is 0 Å². The van der Waals surface area contributed by atoms with Crippen molar-refractivity contribution in [2.24, 2.45) is 0 Å². The lowest BCUT2D eigenvalue weighted by molar-refractivity contribution is 0.661. The number of hydrogen-bond acceptors (Lipinski definition) is 2. The van der Waals surface area contributed by atoms with Gasteiger partial charge in [0.05, 0.1) is 35.6 Å². The Hall–Kier alpha value is -4.17. The van der Waals surface area contributed by atoms with Gasteiger partial charge in [0.15, 0.2) is 5.82 Å². The minimum atomic E-state index is -1.43. The highest BCUT2D eigenvalue weighted by Crippen LogP contribution is 2.49. The third-order valence-electron chi connectivity index (χ3n) is 10.8. The summed E-state index contributed by atoms with van der Waals surface area (Å²) in [5.74, 6) is 0.751. The Kier molecular flexibility index (Phi) is 8.64. The molecule has 51 heavy (non-hydrogen) atoms. The van der Waals surface area contributed by atoms with Crippen LogP contribution in [0.15, 0.2) is 115 Å². The van der Waals surface area contributed by atoms with Gasteiger partial charge in [-0.1, -0.05) is 185 Å². The van der Waals surface area contributed by atoms with Crippen molar-refractivity contribution in [2.45, 2.75) is 78.2 Å². The fourth-order valence-electron chi connectivity index (χ4n) is 7.38. The molecule has 0 atom stereocenters. The molecule has 2 nitrogen and oxygen atoms in total. The molecule has 0 amide bonds. The van der Waals surface area contributed by atoms with Crippen LogP contribution >= 0.6 is 0 Å². The molecule has 0 unspecified atom stereocenters. The third kappa shape index (κ3) is 6.80. The number of nitrogens with zero attached hydrogens (tertiary/aromatic N) is 2. The van der Waals surface area contributed by atoms with Crippen molar-refractivity contribution in [3.8, 4) is 56.2 Å². The lowest BCUT2D eigenvalue weighted by Crippen LogP contribution is -2.38. The molecule has 0 fully saturated rings. The topological polar surface area (TPSA) is 25.8 Å². The van der Waals surface area contributed by atoms with Crippen molar-refractivity contribution in [2.75, 3.05) is 0 Å². The zero-order valence-electron chi connectivity index (χ0n) is 32.4. The molecule has 0 saturated carbocycles. The van der Waals surface area contributed by atoms with Crippen molar-refractivity contribution in [3.63, 3.8) is 0 Å². The van der Waals surface area contributed by atoms with E-state index in [9.17, 15) is 0 Å². The van der Waals surface area contributed by atoms with E-state index >= 15 is 0 Å². The molecule has 1 aliphatic carbocycles. The van der Waals surface area contributed by atoms with E-state index < -0.39 is 24.2 Å². The van der Waals surface area contributed by atoms with E-state index in [-0.39, 0.29) is 5.41 Å². The molecule has 0 spiro atoms. The molecule has 0 bridgehead atoms. The number of hydrogen-bond donors (Lipinski definition) is 0. The summed E-state index contributed by atoms with van der Waals surface area (Å²) in [6, 6.07) is 43.4. The van der Waals surface area contributed by atoms with Crippen molar-refractivity contribution in [1.82, 2.24) is 9.97 Å². The standard InChI is InChI=1S/C46H52N2Si3/c1-46(2)41-28-34(19-25-39(41)40-26-24-38(29-42(40)46)51(9,10)11)33-13-12-14-35(27-33)45-47-43(31-15-20-36(21-16-31)49(3,4)5)30-44(48-45)32-17-22-37(23-18-32)50(6,7)8/h12-30H,1-11H3. The Morgan fingerprint density at radius 3 is 1.31 bits per heavy atom. The van der Waals surface area contributed by atoms with Crippen LogP contribution in [0.3, 0.4) is 0 Å². The lowest BCUT2D eigenvalue weighted by Gasteiger charge is -2.24. The number of fused-ring (bicyclic) bond motifs is 3. The van der Waals surface area contributed by atoms with Gasteiger partial charge in [-0.2, -0.15) is 0 Å². The van der Waals surface area contributed by atoms with Crippen molar-refractivity contribution in [3.05, 3.63) is 126 Å². The molecule has 0 radical (unpaired) electrons. The average Bonchev–Trinajstić information content (AvgIpc) is 3.32. The summed E-state index contributed by atoms with van der Waals surface area (Å²) < 4.78 is 0. The molecule has 0 aliphatic heterocycles. The number of rotatable bonds is 7. The zero-order chi connectivity index (χ0) is 36.5. The van der Waals surface area contributed by atoms with Gasteiger partial charge in [-0.15, -0.1) is 0 Å². The van der Waals surface area contributed by atoms with E-state index in [4.69, 9.17) is 9.97 Å². The van der Waals surface area contributed by atoms with Crippen molar-refractivity contribution < 1.29 is 0 Å². The van der Waals surface area contributed by atoms with Gasteiger partial charge in [0.1, 0.15) is 0 Å². The normalized spacial score (nSPS) is 13.9. The summed E-state index contributed by atoms with van der Waals surface area (Å²) in [6.07, 6.45) is 0. The summed E-state index contributed by atoms with van der Waals surface area (Å²) >= 11 is 0. The Morgan fingerprint density at radius 2 is 0.804 bits per heavy atom. The van der Waals surface area contributed by atoms with Crippen LogP contribution in [0.2, 0.25) is 58.9 Å². The van der Waals surface area contributed by atoms with Crippen LogP contribution in [-0.4, -0.2) is 34.2 Å². The van der Waals surface area contributed by atoms with E-state index in [0.717, 1.165) is 33.9 Å². The Labute approximate surface area is 309 Å². The van der Waals surface area contributed by atoms with Crippen LogP contribution in [0.4, 0.5) is 0 Å². The van der Waals surface area contributed by atoms with Gasteiger partial charge in [0, 0.05) is 22.1 Å². The molecule has 1 aliphatic rings. The summed E-state index contributed by atoms with van der Waals surface area (Å²) in [5, 5.41) is 4.43. The highest BCUT2D eigenvalue weighted by Gasteiger charge is 2.36. The van der Waals surface area contributed by atoms with Crippen LogP contribution in [0.5, 0.6) is 0 Å². The first-order chi connectivity index (χ1) is 23.9. The van der Waals surface area contributed by atoms with Gasteiger partial charge in [0.25, 0.3) is 0 Å². The maximum absolute atomic E-state index is 5.23. The van der Waals surface area contributed by atoms with E-state index in [2.05, 4.69) is 188 Å². The fourth-order valence-corrected chi connectivity index (χ4v) is 10.9. The predicted molar refractivity (Wildman–Crippen MR) is 230 cm³/mol. The van der Waals surface area contributed by atoms with E-state index in [0.29, 0.717) is 0 Å². The van der Waals surface area contributed by atoms with Gasteiger partial charge in [-0.05, 0) is 51.6 Å². The summed E-state index contributed by atoms with van der Waals surface area (Å²) in [7, 11) is -4.26. The molecular weight excluding hydrogens is 665 g/mol. The molecule has 0 N–H and O–H groups in total. The van der Waals surface area contributed by atoms with Gasteiger partial charge in [-0.25, -0.2) is 9.97 Å². The molecular formula is C46H52N2Si3. The molecule has 7 rings (SSSR count). The maximum atomic E-state index is 5.23. The smallest absolute Gasteiger partial charge is 0.160 e. The molecule has 1 aromatic heterocycles. The van der Waals surface area contributed by atoms with Crippen molar-refractivity contribution >= 4 is 39.8 Å². The first-order valence-electron chi connectivity index (χ1n) is 18.4. The summed E-state index contributed by atoms with van der Waals surface area (Å²) in [4.78, 5) is 10.5. The monoisotopic (exact) mass is 716 g/mol. The zero-order valence-corrected chi connectivity index (χ0v) is 35.4. The third-order valence-corrected chi connectivity index (χ3v) is 17.0. The first kappa shape index (κ1) is 35.2. The number of benzene rings is 5.